The Morgan fingerprint density at radius 2 is 1.45 bits per heavy atom. The number of hydrogen-bond acceptors (Lipinski definition) is 3. The lowest BCUT2D eigenvalue weighted by atomic mass is 9.82. The van der Waals surface area contributed by atoms with E-state index in [4.69, 9.17) is 11.6 Å². The molecule has 5 aromatic rings. The number of nitrogens with one attached hydrogen (secondary N) is 2. The van der Waals surface area contributed by atoms with E-state index in [1.807, 2.05) is 6.07 Å². The predicted molar refractivity (Wildman–Crippen MR) is 177 cm³/mol. The van der Waals surface area contributed by atoms with Crippen LogP contribution in [0, 0.1) is 10.4 Å². The van der Waals surface area contributed by atoms with E-state index in [9.17, 15) is 9.59 Å². The molecule has 0 fully saturated rings. The highest BCUT2D eigenvalue weighted by Gasteiger charge is 2.24. The second-order valence-corrected chi connectivity index (χ2v) is 11.7. The Labute approximate surface area is 261 Å². The molecule has 5 aromatic carbocycles. The highest BCUT2D eigenvalue weighted by Crippen LogP contribution is 2.29. The van der Waals surface area contributed by atoms with Crippen LogP contribution in [0.1, 0.15) is 56.3 Å². The van der Waals surface area contributed by atoms with E-state index in [1.54, 1.807) is 48.5 Å². The topological polar surface area (TPSA) is 58.2 Å². The predicted octanol–water partition coefficient (Wildman–Crippen LogP) is 6.87. The van der Waals surface area contributed by atoms with Crippen LogP contribution in [0.25, 0.3) is 11.6 Å². The minimum Gasteiger partial charge on any atom is -0.322 e. The number of halogens is 1. The van der Waals surface area contributed by atoms with E-state index in [-0.39, 0.29) is 17.7 Å². The molecule has 2 N–H and O–H groups in total. The van der Waals surface area contributed by atoms with Gasteiger partial charge in [-0.25, -0.2) is 0 Å². The largest absolute Gasteiger partial charge is 0.322 e. The Hall–Kier alpha value is -4.77. The molecule has 2 aliphatic carbocycles. The summed E-state index contributed by atoms with van der Waals surface area (Å²) in [7, 11) is 0. The lowest BCUT2D eigenvalue weighted by Gasteiger charge is -2.26. The van der Waals surface area contributed by atoms with Crippen LogP contribution in [0.3, 0.4) is 0 Å². The summed E-state index contributed by atoms with van der Waals surface area (Å²) in [6.45, 7) is 0.752. The number of carbonyl (C=O) groups excluding carboxylic acids is 2. The first-order valence-corrected chi connectivity index (χ1v) is 15.4. The highest BCUT2D eigenvalue weighted by atomic mass is 35.5. The molecule has 2 aliphatic rings. The van der Waals surface area contributed by atoms with Crippen molar-refractivity contribution in [3.8, 4) is 0 Å². The van der Waals surface area contributed by atoms with Crippen molar-refractivity contribution in [3.63, 3.8) is 0 Å². The van der Waals surface area contributed by atoms with Gasteiger partial charge in [-0.2, -0.15) is 0 Å². The number of fused-ring (bicyclic) bond motifs is 4. The van der Waals surface area contributed by atoms with Crippen molar-refractivity contribution in [1.82, 2.24) is 5.32 Å². The first-order valence-electron chi connectivity index (χ1n) is 15.0. The number of rotatable bonds is 7. The molecule has 0 aromatic heterocycles. The summed E-state index contributed by atoms with van der Waals surface area (Å²) in [5.74, 6) is -0.257. The van der Waals surface area contributed by atoms with Crippen molar-refractivity contribution >= 4 is 40.6 Å². The van der Waals surface area contributed by atoms with Gasteiger partial charge in [-0.3, -0.25) is 9.59 Å². The number of Topliss-reactive ketones (excluding diaryl/α,β-unsaturated/α-hetero) is 1. The zero-order chi connectivity index (χ0) is 30.0. The summed E-state index contributed by atoms with van der Waals surface area (Å²) in [5, 5.41) is 11.8. The molecule has 1 atom stereocenters. The van der Waals surface area contributed by atoms with Crippen molar-refractivity contribution in [3.05, 3.63) is 169 Å². The fourth-order valence-electron chi connectivity index (χ4n) is 6.48. The maximum absolute atomic E-state index is 14.0. The Morgan fingerprint density at radius 3 is 2.27 bits per heavy atom. The molecule has 4 nitrogen and oxygen atoms in total. The second kappa shape index (κ2) is 12.1. The molecule has 0 bridgehead atoms. The number of ketones is 1. The molecule has 216 valence electrons. The minimum absolute atomic E-state index is 0.0314. The molecule has 0 radical (unpaired) electrons. The maximum Gasteiger partial charge on any atom is 0.257 e. The van der Waals surface area contributed by atoms with Gasteiger partial charge >= 0.3 is 0 Å². The minimum atomic E-state index is -0.288. The van der Waals surface area contributed by atoms with Crippen molar-refractivity contribution in [2.75, 3.05) is 5.32 Å². The molecule has 0 heterocycles. The van der Waals surface area contributed by atoms with Gasteiger partial charge in [-0.05, 0) is 93.2 Å². The van der Waals surface area contributed by atoms with E-state index in [0.717, 1.165) is 36.6 Å². The van der Waals surface area contributed by atoms with Gasteiger partial charge in [0.2, 0.25) is 0 Å². The summed E-state index contributed by atoms with van der Waals surface area (Å²) >= 11 is 6.19. The quantitative estimate of drug-likeness (QED) is 0.202. The first kappa shape index (κ1) is 28.0. The normalized spacial score (nSPS) is 14.9. The molecule has 44 heavy (non-hydrogen) atoms. The van der Waals surface area contributed by atoms with E-state index in [1.165, 1.54) is 32.3 Å². The third kappa shape index (κ3) is 5.39. The maximum atomic E-state index is 14.0. The van der Waals surface area contributed by atoms with Crippen molar-refractivity contribution < 1.29 is 9.59 Å². The number of hydrogen-bond donors (Lipinski definition) is 2. The fourth-order valence-corrected chi connectivity index (χ4v) is 6.70. The van der Waals surface area contributed by atoms with Crippen LogP contribution in [0.5, 0.6) is 0 Å². The van der Waals surface area contributed by atoms with Gasteiger partial charge < -0.3 is 10.6 Å². The smallest absolute Gasteiger partial charge is 0.257 e. The molecule has 1 amide bonds. The number of benzene rings is 5. The monoisotopic (exact) mass is 594 g/mol. The zero-order valence-corrected chi connectivity index (χ0v) is 24.9. The number of amides is 1. The van der Waals surface area contributed by atoms with Gasteiger partial charge in [-0.15, -0.1) is 0 Å². The summed E-state index contributed by atoms with van der Waals surface area (Å²) in [5.41, 5.74) is 6.25. The van der Waals surface area contributed by atoms with Gasteiger partial charge in [-0.1, -0.05) is 96.5 Å². The van der Waals surface area contributed by atoms with Crippen LogP contribution in [0.4, 0.5) is 5.69 Å². The molecule has 0 saturated carbocycles. The van der Waals surface area contributed by atoms with Gasteiger partial charge in [0.25, 0.3) is 5.91 Å². The summed E-state index contributed by atoms with van der Waals surface area (Å²) in [4.78, 5) is 26.7. The third-order valence-corrected chi connectivity index (χ3v) is 8.94. The van der Waals surface area contributed by atoms with Crippen LogP contribution in [-0.4, -0.2) is 11.7 Å². The van der Waals surface area contributed by atoms with Crippen LogP contribution in [-0.2, 0) is 13.0 Å². The highest BCUT2D eigenvalue weighted by molar-refractivity contribution is 6.34. The number of anilines is 1. The van der Waals surface area contributed by atoms with E-state index >= 15 is 0 Å². The molecule has 0 spiro atoms. The third-order valence-electron chi connectivity index (χ3n) is 8.61. The van der Waals surface area contributed by atoms with Crippen LogP contribution >= 0.6 is 11.6 Å². The lowest BCUT2D eigenvalue weighted by Crippen LogP contribution is -2.31. The summed E-state index contributed by atoms with van der Waals surface area (Å²) in [6, 6.07) is 37.4. The molecular formula is C39H31ClN2O2. The average molecular weight is 595 g/mol. The van der Waals surface area contributed by atoms with E-state index in [2.05, 4.69) is 77.4 Å². The summed E-state index contributed by atoms with van der Waals surface area (Å²) in [6.07, 6.45) is 4.91. The van der Waals surface area contributed by atoms with Crippen molar-refractivity contribution in [2.45, 2.75) is 31.8 Å². The Bertz CT molecular complexity index is 2120. The van der Waals surface area contributed by atoms with E-state index < -0.39 is 0 Å². The molecule has 0 saturated heterocycles. The molecule has 0 aliphatic heterocycles. The van der Waals surface area contributed by atoms with Gasteiger partial charge in [0.1, 0.15) is 0 Å². The Balaban J connectivity index is 1.25. The van der Waals surface area contributed by atoms with Gasteiger partial charge in [0, 0.05) is 23.4 Å². The van der Waals surface area contributed by atoms with Crippen LogP contribution < -0.4 is 21.1 Å². The van der Waals surface area contributed by atoms with Gasteiger partial charge in [0.15, 0.2) is 5.78 Å². The molecular weight excluding hydrogens is 564 g/mol. The average Bonchev–Trinajstić information content (AvgIpc) is 3.07. The summed E-state index contributed by atoms with van der Waals surface area (Å²) < 4.78 is 0. The lowest BCUT2D eigenvalue weighted by molar-refractivity contribution is 0.102. The fraction of sp³-hybridized carbons (Fsp3) is 0.128. The zero-order valence-electron chi connectivity index (χ0n) is 24.1. The van der Waals surface area contributed by atoms with Crippen LogP contribution in [0.15, 0.2) is 115 Å². The van der Waals surface area contributed by atoms with Crippen LogP contribution in [0.2, 0.25) is 5.02 Å². The molecule has 1 unspecified atom stereocenters. The van der Waals surface area contributed by atoms with Crippen molar-refractivity contribution in [2.24, 2.45) is 0 Å². The standard InChI is InChI=1S/C39H31ClN2O2/c40-35-16-7-6-13-34(35)39(44)42-28-19-17-26(18-20-28)38(43)33-15-8-14-31-30(33)21-22-32-29-12-5-4-11-27(29)23-36(37(31)32)41-24-25-9-2-1-3-10-25/h1-7,9-13,16-23,36,41H,8,14-15,24H2,(H,42,44). The SMILES string of the molecule is O=C(C1=c2ccc3c(c2CCC1)C(NCc1ccccc1)C=c1ccccc1=3)c1ccc(NC(=O)c2ccccc2Cl)cc1. The van der Waals surface area contributed by atoms with E-state index in [0.29, 0.717) is 21.8 Å². The van der Waals surface area contributed by atoms with Crippen molar-refractivity contribution in [1.29, 1.82) is 0 Å². The molecule has 5 heteroatoms. The molecule has 7 rings (SSSR count). The first-order chi connectivity index (χ1) is 21.6. The number of carbonyl (C=O) groups is 2. The van der Waals surface area contributed by atoms with Gasteiger partial charge in [0.05, 0.1) is 16.6 Å². The Kier molecular flexibility index (Phi) is 7.69. The Morgan fingerprint density at radius 1 is 0.727 bits per heavy atom. The second-order valence-electron chi connectivity index (χ2n) is 11.3.